The van der Waals surface area contributed by atoms with E-state index in [4.69, 9.17) is 4.74 Å². The summed E-state index contributed by atoms with van der Waals surface area (Å²) in [5.41, 5.74) is 2.14. The number of benzene rings is 1. The molecule has 0 saturated heterocycles. The van der Waals surface area contributed by atoms with Gasteiger partial charge in [-0.05, 0) is 38.8 Å². The molecule has 1 aromatic carbocycles. The summed E-state index contributed by atoms with van der Waals surface area (Å²) in [5, 5.41) is 4.53. The van der Waals surface area contributed by atoms with Crippen LogP contribution in [0.25, 0.3) is 11.3 Å². The van der Waals surface area contributed by atoms with Gasteiger partial charge in [0.15, 0.2) is 0 Å². The number of aryl methyl sites for hydroxylation is 1. The number of aromatic nitrogens is 2. The van der Waals surface area contributed by atoms with Gasteiger partial charge in [0.1, 0.15) is 11.5 Å². The third kappa shape index (κ3) is 2.11. The Morgan fingerprint density at radius 1 is 1.37 bits per heavy atom. The van der Waals surface area contributed by atoms with Crippen LogP contribution in [0.4, 0.5) is 4.39 Å². The lowest BCUT2D eigenvalue weighted by Crippen LogP contribution is -2.10. The molecule has 1 aliphatic rings. The molecule has 0 spiro atoms. The zero-order valence-electron chi connectivity index (χ0n) is 11.2. The second-order valence-corrected chi connectivity index (χ2v) is 5.05. The van der Waals surface area contributed by atoms with Gasteiger partial charge in [-0.25, -0.2) is 9.07 Å². The van der Waals surface area contributed by atoms with E-state index >= 15 is 0 Å². The Bertz CT molecular complexity index is 606. The maximum absolute atomic E-state index is 13.9. The maximum atomic E-state index is 13.9. The van der Waals surface area contributed by atoms with Crippen LogP contribution in [-0.2, 0) is 6.54 Å². The molecule has 2 heterocycles. The van der Waals surface area contributed by atoms with Crippen molar-refractivity contribution in [2.75, 3.05) is 0 Å². The van der Waals surface area contributed by atoms with E-state index in [2.05, 4.69) is 12.0 Å². The molecular formula is C15H17FN2O. The van der Waals surface area contributed by atoms with Gasteiger partial charge in [0.25, 0.3) is 0 Å². The molecule has 1 unspecified atom stereocenters. The van der Waals surface area contributed by atoms with Crippen molar-refractivity contribution < 1.29 is 9.13 Å². The van der Waals surface area contributed by atoms with Crippen LogP contribution >= 0.6 is 0 Å². The normalized spacial score (nSPS) is 18.6. The molecule has 1 atom stereocenters. The third-order valence-corrected chi connectivity index (χ3v) is 3.55. The summed E-state index contributed by atoms with van der Waals surface area (Å²) in [6, 6.07) is 6.73. The lowest BCUT2D eigenvalue weighted by atomic mass is 10.1. The second kappa shape index (κ2) is 4.68. The fourth-order valence-corrected chi connectivity index (χ4v) is 2.52. The average molecular weight is 260 g/mol. The summed E-state index contributed by atoms with van der Waals surface area (Å²) in [5.74, 6) is 0.537. The highest BCUT2D eigenvalue weighted by atomic mass is 19.1. The summed E-state index contributed by atoms with van der Waals surface area (Å²) < 4.78 is 21.7. The first kappa shape index (κ1) is 12.2. The quantitative estimate of drug-likeness (QED) is 0.784. The summed E-state index contributed by atoms with van der Waals surface area (Å²) in [7, 11) is 0. The summed E-state index contributed by atoms with van der Waals surface area (Å²) in [6.07, 6.45) is 2.24. The van der Waals surface area contributed by atoms with Crippen molar-refractivity contribution in [2.45, 2.75) is 39.3 Å². The Kier molecular flexibility index (Phi) is 3.01. The van der Waals surface area contributed by atoms with E-state index in [1.807, 2.05) is 17.7 Å². The molecule has 19 heavy (non-hydrogen) atoms. The highest BCUT2D eigenvalue weighted by Gasteiger charge is 2.22. The minimum absolute atomic E-state index is 0.185. The van der Waals surface area contributed by atoms with E-state index in [1.54, 1.807) is 12.1 Å². The Labute approximate surface area is 112 Å². The third-order valence-electron chi connectivity index (χ3n) is 3.55. The number of fused-ring (bicyclic) bond motifs is 1. The molecule has 0 bridgehead atoms. The van der Waals surface area contributed by atoms with Crippen LogP contribution in [0.3, 0.4) is 0 Å². The predicted molar refractivity (Wildman–Crippen MR) is 71.7 cm³/mol. The van der Waals surface area contributed by atoms with Crippen LogP contribution in [0.15, 0.2) is 24.3 Å². The van der Waals surface area contributed by atoms with Crippen LogP contribution in [0.5, 0.6) is 5.88 Å². The smallest absolute Gasteiger partial charge is 0.215 e. The molecule has 3 nitrogen and oxygen atoms in total. The Morgan fingerprint density at radius 2 is 2.16 bits per heavy atom. The van der Waals surface area contributed by atoms with Gasteiger partial charge in [0, 0.05) is 17.7 Å². The second-order valence-electron chi connectivity index (χ2n) is 5.05. The first-order valence-electron chi connectivity index (χ1n) is 6.66. The van der Waals surface area contributed by atoms with Gasteiger partial charge < -0.3 is 4.74 Å². The van der Waals surface area contributed by atoms with E-state index in [0.29, 0.717) is 11.3 Å². The monoisotopic (exact) mass is 260 g/mol. The van der Waals surface area contributed by atoms with Crippen molar-refractivity contribution in [2.24, 2.45) is 0 Å². The van der Waals surface area contributed by atoms with Gasteiger partial charge in [0.05, 0.1) is 6.10 Å². The largest absolute Gasteiger partial charge is 0.475 e. The van der Waals surface area contributed by atoms with Gasteiger partial charge >= 0.3 is 0 Å². The minimum atomic E-state index is -0.244. The average Bonchev–Trinajstić information content (AvgIpc) is 2.58. The summed E-state index contributed by atoms with van der Waals surface area (Å²) >= 11 is 0. The van der Waals surface area contributed by atoms with Gasteiger partial charge in [-0.2, -0.15) is 5.10 Å². The van der Waals surface area contributed by atoms with Crippen molar-refractivity contribution in [3.63, 3.8) is 0 Å². The van der Waals surface area contributed by atoms with E-state index in [1.165, 1.54) is 6.07 Å². The highest BCUT2D eigenvalue weighted by molar-refractivity contribution is 5.65. The van der Waals surface area contributed by atoms with Crippen LogP contribution in [-0.4, -0.2) is 15.9 Å². The molecule has 0 radical (unpaired) electrons. The number of ether oxygens (including phenoxy) is 1. The number of rotatable bonds is 1. The molecule has 0 fully saturated rings. The van der Waals surface area contributed by atoms with Crippen molar-refractivity contribution in [3.8, 4) is 17.1 Å². The Hall–Kier alpha value is -1.84. The summed E-state index contributed by atoms with van der Waals surface area (Å²) in [6.45, 7) is 4.83. The zero-order valence-corrected chi connectivity index (χ0v) is 11.2. The molecule has 0 N–H and O–H groups in total. The van der Waals surface area contributed by atoms with Gasteiger partial charge in [-0.3, -0.25) is 0 Å². The first-order valence-corrected chi connectivity index (χ1v) is 6.66. The highest BCUT2D eigenvalue weighted by Crippen LogP contribution is 2.33. The molecule has 4 heteroatoms. The topological polar surface area (TPSA) is 27.1 Å². The van der Waals surface area contributed by atoms with Gasteiger partial charge in [-0.15, -0.1) is 0 Å². The van der Waals surface area contributed by atoms with E-state index in [-0.39, 0.29) is 11.9 Å². The molecule has 100 valence electrons. The van der Waals surface area contributed by atoms with Crippen LogP contribution in [0.2, 0.25) is 0 Å². The van der Waals surface area contributed by atoms with Crippen LogP contribution in [0.1, 0.15) is 25.3 Å². The van der Waals surface area contributed by atoms with Gasteiger partial charge in [-0.1, -0.05) is 12.1 Å². The Balaban J connectivity index is 2.10. The fraction of sp³-hybridized carbons (Fsp3) is 0.400. The van der Waals surface area contributed by atoms with Crippen molar-refractivity contribution in [1.82, 2.24) is 9.78 Å². The van der Waals surface area contributed by atoms with E-state index in [0.717, 1.165) is 30.8 Å². The van der Waals surface area contributed by atoms with E-state index < -0.39 is 0 Å². The minimum Gasteiger partial charge on any atom is -0.475 e. The molecule has 2 aromatic rings. The molecule has 1 aromatic heterocycles. The first-order chi connectivity index (χ1) is 9.16. The predicted octanol–water partition coefficient (Wildman–Crippen LogP) is 3.56. The summed E-state index contributed by atoms with van der Waals surface area (Å²) in [4.78, 5) is 0. The SMILES string of the molecule is Cc1c(-c2ccccc2F)nn2c1OC(C)CCC2. The van der Waals surface area contributed by atoms with Crippen LogP contribution < -0.4 is 4.74 Å². The number of nitrogens with zero attached hydrogens (tertiary/aromatic N) is 2. The number of hydrogen-bond donors (Lipinski definition) is 0. The lowest BCUT2D eigenvalue weighted by Gasteiger charge is -2.10. The zero-order chi connectivity index (χ0) is 13.4. The van der Waals surface area contributed by atoms with Crippen LogP contribution in [0, 0.1) is 12.7 Å². The number of hydrogen-bond acceptors (Lipinski definition) is 2. The molecule has 0 aliphatic carbocycles. The molecule has 0 amide bonds. The standard InChI is InChI=1S/C15H17FN2O/c1-10-6-5-9-18-15(19-10)11(2)14(17-18)12-7-3-4-8-13(12)16/h3-4,7-8,10H,5-6,9H2,1-2H3. The lowest BCUT2D eigenvalue weighted by molar-refractivity contribution is 0.207. The maximum Gasteiger partial charge on any atom is 0.215 e. The van der Waals surface area contributed by atoms with E-state index in [9.17, 15) is 4.39 Å². The Morgan fingerprint density at radius 3 is 2.95 bits per heavy atom. The molecular weight excluding hydrogens is 243 g/mol. The fourth-order valence-electron chi connectivity index (χ4n) is 2.52. The van der Waals surface area contributed by atoms with Gasteiger partial charge in [0.2, 0.25) is 5.88 Å². The van der Waals surface area contributed by atoms with Crippen molar-refractivity contribution in [1.29, 1.82) is 0 Å². The molecule has 0 saturated carbocycles. The molecule has 3 rings (SSSR count). The molecule has 1 aliphatic heterocycles. The van der Waals surface area contributed by atoms with Crippen molar-refractivity contribution in [3.05, 3.63) is 35.6 Å². The van der Waals surface area contributed by atoms with Crippen molar-refractivity contribution >= 4 is 0 Å². The number of halogens is 1.